The fraction of sp³-hybridized carbons (Fsp3) is 0.167. The second-order valence-electron chi connectivity index (χ2n) is 1.61. The zero-order valence-electron chi connectivity index (χ0n) is 5.44. The Bertz CT molecular complexity index is 237. The highest BCUT2D eigenvalue weighted by atomic mass is 16.5. The number of hydrogen-bond acceptors (Lipinski definition) is 4. The van der Waals surface area contributed by atoms with Crippen LogP contribution in [-0.4, -0.2) is 23.6 Å². The largest absolute Gasteiger partial charge is 0.479 e. The SMILES string of the molecule is COc1nnccc1C=O. The van der Waals surface area contributed by atoms with Crippen molar-refractivity contribution in [3.8, 4) is 5.88 Å². The smallest absolute Gasteiger partial charge is 0.243 e. The minimum atomic E-state index is 0.262. The molecule has 0 aliphatic carbocycles. The number of ether oxygens (including phenoxy) is 1. The van der Waals surface area contributed by atoms with E-state index in [1.807, 2.05) is 0 Å². The maximum Gasteiger partial charge on any atom is 0.243 e. The van der Waals surface area contributed by atoms with Gasteiger partial charge < -0.3 is 4.74 Å². The van der Waals surface area contributed by atoms with Crippen LogP contribution in [0.5, 0.6) is 5.88 Å². The van der Waals surface area contributed by atoms with E-state index in [0.29, 0.717) is 11.8 Å². The molecule has 0 saturated heterocycles. The van der Waals surface area contributed by atoms with Crippen LogP contribution in [0.25, 0.3) is 0 Å². The van der Waals surface area contributed by atoms with Gasteiger partial charge in [-0.3, -0.25) is 4.79 Å². The summed E-state index contributed by atoms with van der Waals surface area (Å²) in [5.41, 5.74) is 0.414. The van der Waals surface area contributed by atoms with E-state index >= 15 is 0 Å². The number of carbonyl (C=O) groups is 1. The van der Waals surface area contributed by atoms with Crippen molar-refractivity contribution in [3.63, 3.8) is 0 Å². The number of aromatic nitrogens is 2. The van der Waals surface area contributed by atoms with E-state index in [2.05, 4.69) is 10.2 Å². The third-order valence-electron chi connectivity index (χ3n) is 1.04. The summed E-state index contributed by atoms with van der Waals surface area (Å²) >= 11 is 0. The minimum absolute atomic E-state index is 0.262. The first kappa shape index (κ1) is 6.67. The van der Waals surface area contributed by atoms with Crippen LogP contribution in [0.1, 0.15) is 10.4 Å². The van der Waals surface area contributed by atoms with Gasteiger partial charge in [0.2, 0.25) is 5.88 Å². The molecular formula is C6H6N2O2. The molecule has 0 amide bonds. The lowest BCUT2D eigenvalue weighted by Crippen LogP contribution is -1.94. The number of nitrogens with zero attached hydrogens (tertiary/aromatic N) is 2. The van der Waals surface area contributed by atoms with Gasteiger partial charge in [-0.25, -0.2) is 0 Å². The maximum absolute atomic E-state index is 10.2. The lowest BCUT2D eigenvalue weighted by Gasteiger charge is -1.96. The van der Waals surface area contributed by atoms with E-state index in [0.717, 1.165) is 0 Å². The summed E-state index contributed by atoms with van der Waals surface area (Å²) in [5.74, 6) is 0.262. The molecule has 0 radical (unpaired) electrons. The Morgan fingerprint density at radius 3 is 3.00 bits per heavy atom. The standard InChI is InChI=1S/C6H6N2O2/c1-10-6-5(4-9)2-3-7-8-6/h2-4H,1H3. The monoisotopic (exact) mass is 138 g/mol. The van der Waals surface area contributed by atoms with E-state index in [4.69, 9.17) is 4.74 Å². The average molecular weight is 138 g/mol. The van der Waals surface area contributed by atoms with Gasteiger partial charge in [0.1, 0.15) is 0 Å². The Labute approximate surface area is 57.8 Å². The summed E-state index contributed by atoms with van der Waals surface area (Å²) < 4.78 is 4.73. The highest BCUT2D eigenvalue weighted by Crippen LogP contribution is 2.07. The van der Waals surface area contributed by atoms with Crippen LogP contribution in [0, 0.1) is 0 Å². The molecule has 0 fully saturated rings. The van der Waals surface area contributed by atoms with Gasteiger partial charge in [0.25, 0.3) is 0 Å². The van der Waals surface area contributed by atoms with Gasteiger partial charge in [-0.15, -0.1) is 5.10 Å². The number of carbonyl (C=O) groups excluding carboxylic acids is 1. The van der Waals surface area contributed by atoms with Crippen molar-refractivity contribution in [2.24, 2.45) is 0 Å². The molecule has 0 spiro atoms. The molecule has 0 aromatic carbocycles. The Kier molecular flexibility index (Phi) is 1.94. The summed E-state index contributed by atoms with van der Waals surface area (Å²) in [6.45, 7) is 0. The summed E-state index contributed by atoms with van der Waals surface area (Å²) in [4.78, 5) is 10.2. The van der Waals surface area contributed by atoms with Crippen LogP contribution < -0.4 is 4.74 Å². The second-order valence-corrected chi connectivity index (χ2v) is 1.61. The quantitative estimate of drug-likeness (QED) is 0.551. The van der Waals surface area contributed by atoms with Crippen LogP contribution >= 0.6 is 0 Å². The maximum atomic E-state index is 10.2. The molecule has 0 atom stereocenters. The molecule has 0 aliphatic heterocycles. The van der Waals surface area contributed by atoms with Gasteiger partial charge in [-0.1, -0.05) is 0 Å². The first-order valence-corrected chi connectivity index (χ1v) is 2.69. The van der Waals surface area contributed by atoms with Crippen molar-refractivity contribution in [2.45, 2.75) is 0 Å². The van der Waals surface area contributed by atoms with E-state index in [9.17, 15) is 4.79 Å². The van der Waals surface area contributed by atoms with Gasteiger partial charge in [0.15, 0.2) is 6.29 Å². The van der Waals surface area contributed by atoms with E-state index in [1.54, 1.807) is 6.07 Å². The predicted octanol–water partition coefficient (Wildman–Crippen LogP) is 0.298. The molecule has 1 aromatic heterocycles. The Morgan fingerprint density at radius 1 is 1.70 bits per heavy atom. The summed E-state index contributed by atoms with van der Waals surface area (Å²) in [6.07, 6.45) is 2.11. The lowest BCUT2D eigenvalue weighted by molar-refractivity contribution is 0.111. The fourth-order valence-corrected chi connectivity index (χ4v) is 0.577. The summed E-state index contributed by atoms with van der Waals surface area (Å²) in [7, 11) is 1.44. The van der Waals surface area contributed by atoms with Crippen molar-refractivity contribution >= 4 is 6.29 Å². The third kappa shape index (κ3) is 1.10. The van der Waals surface area contributed by atoms with Crippen molar-refractivity contribution in [3.05, 3.63) is 17.8 Å². The molecule has 4 heteroatoms. The van der Waals surface area contributed by atoms with Gasteiger partial charge in [0, 0.05) is 0 Å². The highest BCUT2D eigenvalue weighted by Gasteiger charge is 1.99. The second kappa shape index (κ2) is 2.91. The summed E-state index contributed by atoms with van der Waals surface area (Å²) in [6, 6.07) is 1.54. The molecule has 1 heterocycles. The van der Waals surface area contributed by atoms with Gasteiger partial charge >= 0.3 is 0 Å². The molecular weight excluding hydrogens is 132 g/mol. The van der Waals surface area contributed by atoms with Gasteiger partial charge in [-0.05, 0) is 6.07 Å². The number of methoxy groups -OCH3 is 1. The van der Waals surface area contributed by atoms with Crippen molar-refractivity contribution in [1.82, 2.24) is 10.2 Å². The molecule has 52 valence electrons. The predicted molar refractivity (Wildman–Crippen MR) is 34.0 cm³/mol. The van der Waals surface area contributed by atoms with Gasteiger partial charge in [-0.2, -0.15) is 5.10 Å². The van der Waals surface area contributed by atoms with Crippen LogP contribution in [0.4, 0.5) is 0 Å². The zero-order valence-corrected chi connectivity index (χ0v) is 5.44. The lowest BCUT2D eigenvalue weighted by atomic mass is 10.3. The topological polar surface area (TPSA) is 52.1 Å². The number of rotatable bonds is 2. The van der Waals surface area contributed by atoms with E-state index in [1.165, 1.54) is 13.3 Å². The number of aldehydes is 1. The van der Waals surface area contributed by atoms with Gasteiger partial charge in [0.05, 0.1) is 18.9 Å². The molecule has 1 rings (SSSR count). The van der Waals surface area contributed by atoms with Crippen molar-refractivity contribution in [1.29, 1.82) is 0 Å². The molecule has 0 unspecified atom stereocenters. The Balaban J connectivity index is 3.08. The molecule has 0 N–H and O–H groups in total. The normalized spacial score (nSPS) is 8.90. The van der Waals surface area contributed by atoms with Crippen molar-refractivity contribution in [2.75, 3.05) is 7.11 Å². The van der Waals surface area contributed by atoms with E-state index < -0.39 is 0 Å². The van der Waals surface area contributed by atoms with Crippen LogP contribution in [0.3, 0.4) is 0 Å². The summed E-state index contributed by atoms with van der Waals surface area (Å²) in [5, 5.41) is 7.09. The van der Waals surface area contributed by atoms with E-state index in [-0.39, 0.29) is 5.88 Å². The first-order valence-electron chi connectivity index (χ1n) is 2.69. The molecule has 0 aliphatic rings. The van der Waals surface area contributed by atoms with Crippen LogP contribution in [-0.2, 0) is 0 Å². The molecule has 10 heavy (non-hydrogen) atoms. The van der Waals surface area contributed by atoms with Crippen LogP contribution in [0.2, 0.25) is 0 Å². The fourth-order valence-electron chi connectivity index (χ4n) is 0.577. The Hall–Kier alpha value is -1.45. The minimum Gasteiger partial charge on any atom is -0.479 e. The Morgan fingerprint density at radius 2 is 2.50 bits per heavy atom. The third-order valence-corrected chi connectivity index (χ3v) is 1.04. The molecule has 0 saturated carbocycles. The molecule has 4 nitrogen and oxygen atoms in total. The highest BCUT2D eigenvalue weighted by molar-refractivity contribution is 5.77. The number of hydrogen-bond donors (Lipinski definition) is 0. The first-order chi connectivity index (χ1) is 4.88. The van der Waals surface area contributed by atoms with Crippen molar-refractivity contribution < 1.29 is 9.53 Å². The van der Waals surface area contributed by atoms with Crippen LogP contribution in [0.15, 0.2) is 12.3 Å². The zero-order chi connectivity index (χ0) is 7.40. The molecule has 0 bridgehead atoms. The molecule has 1 aromatic rings. The average Bonchev–Trinajstić information content (AvgIpc) is 2.04.